The number of hydrogen-bond donors (Lipinski definition) is 1. The second kappa shape index (κ2) is 6.86. The molecule has 0 spiro atoms. The molecular formula is C15H22N2S. The van der Waals surface area contributed by atoms with Gasteiger partial charge in [0.05, 0.1) is 5.52 Å². The molecule has 0 unspecified atom stereocenters. The molecule has 1 N–H and O–H groups in total. The molecule has 0 amide bonds. The highest BCUT2D eigenvalue weighted by atomic mass is 32.2. The van der Waals surface area contributed by atoms with Gasteiger partial charge in [0.2, 0.25) is 0 Å². The molecule has 0 aliphatic rings. The Kier molecular flexibility index (Phi) is 5.14. The molecule has 0 fully saturated rings. The van der Waals surface area contributed by atoms with Crippen LogP contribution >= 0.6 is 11.8 Å². The minimum atomic E-state index is 0.967. The third-order valence-electron chi connectivity index (χ3n) is 3.15. The van der Waals surface area contributed by atoms with E-state index in [0.29, 0.717) is 0 Å². The van der Waals surface area contributed by atoms with Gasteiger partial charge in [-0.3, -0.25) is 0 Å². The number of hydrogen-bond acceptors (Lipinski definition) is 2. The Morgan fingerprint density at radius 3 is 2.94 bits per heavy atom. The number of nitrogens with one attached hydrogen (secondary N) is 1. The fourth-order valence-corrected chi connectivity index (χ4v) is 2.64. The lowest BCUT2D eigenvalue weighted by atomic mass is 10.1. The number of aromatic nitrogens is 1. The van der Waals surface area contributed by atoms with Crippen molar-refractivity contribution in [1.82, 2.24) is 9.88 Å². The van der Waals surface area contributed by atoms with Gasteiger partial charge in [0.1, 0.15) is 0 Å². The molecule has 2 rings (SSSR count). The van der Waals surface area contributed by atoms with Gasteiger partial charge in [-0.15, -0.1) is 0 Å². The minimum Gasteiger partial charge on any atom is -0.346 e. The molecule has 2 aromatic rings. The van der Waals surface area contributed by atoms with Gasteiger partial charge in [0.15, 0.2) is 0 Å². The summed E-state index contributed by atoms with van der Waals surface area (Å²) in [6.07, 6.45) is 5.56. The van der Waals surface area contributed by atoms with Crippen LogP contribution in [0.3, 0.4) is 0 Å². The predicted molar refractivity (Wildman–Crippen MR) is 82.3 cm³/mol. The van der Waals surface area contributed by atoms with Gasteiger partial charge in [0, 0.05) is 25.0 Å². The van der Waals surface area contributed by atoms with E-state index in [0.717, 1.165) is 19.6 Å². The number of thioether (sulfide) groups is 1. The van der Waals surface area contributed by atoms with Gasteiger partial charge in [-0.05, 0) is 36.2 Å². The van der Waals surface area contributed by atoms with Crippen LogP contribution in [0.2, 0.25) is 0 Å². The average molecular weight is 262 g/mol. The highest BCUT2D eigenvalue weighted by Gasteiger charge is 2.05. The van der Waals surface area contributed by atoms with Crippen LogP contribution in [0.1, 0.15) is 18.9 Å². The highest BCUT2D eigenvalue weighted by molar-refractivity contribution is 7.98. The van der Waals surface area contributed by atoms with E-state index < -0.39 is 0 Å². The molecule has 0 atom stereocenters. The molecule has 0 radical (unpaired) electrons. The number of aryl methyl sites for hydroxylation is 1. The number of benzene rings is 1. The zero-order valence-electron chi connectivity index (χ0n) is 11.3. The molecule has 3 heteroatoms. The number of fused-ring (bicyclic) bond motifs is 1. The molecule has 0 saturated carbocycles. The molecule has 0 aliphatic carbocycles. The number of rotatable bonds is 7. The van der Waals surface area contributed by atoms with Crippen molar-refractivity contribution in [3.05, 3.63) is 36.0 Å². The first-order valence-electron chi connectivity index (χ1n) is 6.63. The lowest BCUT2D eigenvalue weighted by molar-refractivity contribution is 0.674. The van der Waals surface area contributed by atoms with Crippen molar-refractivity contribution in [2.24, 2.45) is 0 Å². The number of nitrogens with zero attached hydrogens (tertiary/aromatic N) is 1. The molecule has 98 valence electrons. The topological polar surface area (TPSA) is 17.0 Å². The standard InChI is InChI=1S/C15H22N2S/c1-3-8-16-12-14-6-4-5-13-7-9-17(15(13)14)10-11-18-2/h4-7,9,16H,3,8,10-12H2,1-2H3. The lowest BCUT2D eigenvalue weighted by Gasteiger charge is -2.10. The van der Waals surface area contributed by atoms with Gasteiger partial charge >= 0.3 is 0 Å². The quantitative estimate of drug-likeness (QED) is 0.769. The summed E-state index contributed by atoms with van der Waals surface area (Å²) in [5.74, 6) is 1.17. The third-order valence-corrected chi connectivity index (χ3v) is 3.74. The van der Waals surface area contributed by atoms with E-state index in [4.69, 9.17) is 0 Å². The van der Waals surface area contributed by atoms with E-state index in [9.17, 15) is 0 Å². The van der Waals surface area contributed by atoms with Gasteiger partial charge < -0.3 is 9.88 Å². The van der Waals surface area contributed by atoms with Crippen LogP contribution in [0.5, 0.6) is 0 Å². The first-order valence-corrected chi connectivity index (χ1v) is 8.02. The molecule has 0 aliphatic heterocycles. The van der Waals surface area contributed by atoms with Crippen molar-refractivity contribution in [2.75, 3.05) is 18.6 Å². The summed E-state index contributed by atoms with van der Waals surface area (Å²) in [6, 6.07) is 8.82. The van der Waals surface area contributed by atoms with Crippen molar-refractivity contribution < 1.29 is 0 Å². The first kappa shape index (κ1) is 13.5. The largest absolute Gasteiger partial charge is 0.346 e. The van der Waals surface area contributed by atoms with Crippen LogP contribution in [0.4, 0.5) is 0 Å². The fraction of sp³-hybridized carbons (Fsp3) is 0.467. The predicted octanol–water partition coefficient (Wildman–Crippen LogP) is 3.50. The van der Waals surface area contributed by atoms with E-state index >= 15 is 0 Å². The van der Waals surface area contributed by atoms with Crippen molar-refractivity contribution in [3.8, 4) is 0 Å². The zero-order chi connectivity index (χ0) is 12.8. The van der Waals surface area contributed by atoms with Gasteiger partial charge in [-0.25, -0.2) is 0 Å². The second-order valence-corrected chi connectivity index (χ2v) is 5.52. The monoisotopic (exact) mass is 262 g/mol. The van der Waals surface area contributed by atoms with Crippen LogP contribution in [0.15, 0.2) is 30.5 Å². The van der Waals surface area contributed by atoms with Crippen LogP contribution < -0.4 is 5.32 Å². The average Bonchev–Trinajstić information content (AvgIpc) is 2.81. The molecule has 1 aromatic heterocycles. The highest BCUT2D eigenvalue weighted by Crippen LogP contribution is 2.20. The third kappa shape index (κ3) is 3.09. The van der Waals surface area contributed by atoms with Gasteiger partial charge in [-0.1, -0.05) is 25.1 Å². The van der Waals surface area contributed by atoms with Crippen LogP contribution in [-0.4, -0.2) is 23.1 Å². The molecule has 18 heavy (non-hydrogen) atoms. The summed E-state index contributed by atoms with van der Waals surface area (Å²) < 4.78 is 2.38. The van der Waals surface area contributed by atoms with E-state index in [1.54, 1.807) is 0 Å². The zero-order valence-corrected chi connectivity index (χ0v) is 12.1. The second-order valence-electron chi connectivity index (χ2n) is 4.53. The Morgan fingerprint density at radius 1 is 1.28 bits per heavy atom. The van der Waals surface area contributed by atoms with Gasteiger partial charge in [0.25, 0.3) is 0 Å². The Balaban J connectivity index is 2.24. The molecule has 1 heterocycles. The summed E-state index contributed by atoms with van der Waals surface area (Å²) in [4.78, 5) is 0. The van der Waals surface area contributed by atoms with Crippen LogP contribution in [0, 0.1) is 0 Å². The maximum atomic E-state index is 3.50. The van der Waals surface area contributed by atoms with E-state index in [-0.39, 0.29) is 0 Å². The Bertz CT molecular complexity index is 490. The minimum absolute atomic E-state index is 0.967. The van der Waals surface area contributed by atoms with Crippen molar-refractivity contribution in [3.63, 3.8) is 0 Å². The summed E-state index contributed by atoms with van der Waals surface area (Å²) in [7, 11) is 0. The Hall–Kier alpha value is -0.930. The summed E-state index contributed by atoms with van der Waals surface area (Å²) in [6.45, 7) is 5.35. The summed E-state index contributed by atoms with van der Waals surface area (Å²) in [5.41, 5.74) is 2.81. The Morgan fingerprint density at radius 2 is 2.17 bits per heavy atom. The van der Waals surface area contributed by atoms with Crippen molar-refractivity contribution in [2.45, 2.75) is 26.4 Å². The molecule has 0 bridgehead atoms. The maximum Gasteiger partial charge on any atom is 0.0526 e. The SMILES string of the molecule is CCCNCc1cccc2ccn(CCSC)c12. The van der Waals surface area contributed by atoms with Crippen LogP contribution in [0.25, 0.3) is 10.9 Å². The Labute approximate surface area is 114 Å². The summed E-state index contributed by atoms with van der Waals surface area (Å²) >= 11 is 1.90. The van der Waals surface area contributed by atoms with E-state index in [1.807, 2.05) is 11.8 Å². The van der Waals surface area contributed by atoms with Gasteiger partial charge in [-0.2, -0.15) is 11.8 Å². The van der Waals surface area contributed by atoms with E-state index in [1.165, 1.54) is 28.6 Å². The fourth-order valence-electron chi connectivity index (χ4n) is 2.26. The smallest absolute Gasteiger partial charge is 0.0526 e. The van der Waals surface area contributed by atoms with Crippen LogP contribution in [-0.2, 0) is 13.1 Å². The van der Waals surface area contributed by atoms with Crippen molar-refractivity contribution in [1.29, 1.82) is 0 Å². The normalized spacial score (nSPS) is 11.2. The molecule has 2 nitrogen and oxygen atoms in total. The van der Waals surface area contributed by atoms with Crippen molar-refractivity contribution >= 4 is 22.7 Å². The maximum absolute atomic E-state index is 3.50. The van der Waals surface area contributed by atoms with E-state index in [2.05, 4.69) is 53.5 Å². The first-order chi connectivity index (χ1) is 8.86. The molecule has 1 aromatic carbocycles. The lowest BCUT2D eigenvalue weighted by Crippen LogP contribution is -2.14. The molecule has 0 saturated heterocycles. The molecular weight excluding hydrogens is 240 g/mol. The number of para-hydroxylation sites is 1. The summed E-state index contributed by atoms with van der Waals surface area (Å²) in [5, 5.41) is 4.85.